The first kappa shape index (κ1) is 11.0. The van der Waals surface area contributed by atoms with Gasteiger partial charge in [-0.3, -0.25) is 4.68 Å². The van der Waals surface area contributed by atoms with Crippen molar-refractivity contribution in [2.75, 3.05) is 0 Å². The molecule has 1 aromatic carbocycles. The Morgan fingerprint density at radius 1 is 1.22 bits per heavy atom. The van der Waals surface area contributed by atoms with Crippen molar-refractivity contribution in [1.29, 1.82) is 0 Å². The highest BCUT2D eigenvalue weighted by atomic mass is 16.3. The van der Waals surface area contributed by atoms with Gasteiger partial charge in [-0.25, -0.2) is 0 Å². The molecule has 18 heavy (non-hydrogen) atoms. The Bertz CT molecular complexity index is 683. The maximum Gasteiger partial charge on any atom is 0.102 e. The van der Waals surface area contributed by atoms with Crippen LogP contribution >= 0.6 is 0 Å². The van der Waals surface area contributed by atoms with Gasteiger partial charge < -0.3 is 9.67 Å². The van der Waals surface area contributed by atoms with Gasteiger partial charge in [0.25, 0.3) is 0 Å². The first-order chi connectivity index (χ1) is 8.78. The molecule has 0 bridgehead atoms. The molecule has 92 valence electrons. The van der Waals surface area contributed by atoms with E-state index >= 15 is 0 Å². The molecule has 3 aromatic rings. The number of aliphatic hydroxyl groups is 1. The average molecular weight is 242 g/mol. The van der Waals surface area contributed by atoms with E-state index in [1.807, 2.05) is 43.7 Å². The fourth-order valence-electron chi connectivity index (χ4n) is 2.22. The highest BCUT2D eigenvalue weighted by Gasteiger charge is 2.08. The number of nitrogens with zero attached hydrogens (tertiary/aromatic N) is 4. The molecule has 0 atom stereocenters. The van der Waals surface area contributed by atoms with E-state index in [4.69, 9.17) is 0 Å². The van der Waals surface area contributed by atoms with Crippen LogP contribution in [0.3, 0.4) is 0 Å². The van der Waals surface area contributed by atoms with Gasteiger partial charge in [-0.2, -0.15) is 0 Å². The third kappa shape index (κ3) is 1.78. The topological polar surface area (TPSA) is 55.9 Å². The van der Waals surface area contributed by atoms with Crippen LogP contribution in [0.2, 0.25) is 0 Å². The molecule has 0 fully saturated rings. The van der Waals surface area contributed by atoms with Crippen LogP contribution in [0.5, 0.6) is 0 Å². The Labute approximate surface area is 104 Å². The number of benzene rings is 1. The molecule has 2 aromatic heterocycles. The van der Waals surface area contributed by atoms with Crippen LogP contribution in [0.25, 0.3) is 10.9 Å². The van der Waals surface area contributed by atoms with E-state index in [0.29, 0.717) is 6.54 Å². The molecule has 0 aliphatic carbocycles. The van der Waals surface area contributed by atoms with Crippen LogP contribution in [0, 0.1) is 0 Å². The number of aryl methyl sites for hydroxylation is 1. The maximum atomic E-state index is 9.37. The van der Waals surface area contributed by atoms with Crippen molar-refractivity contribution >= 4 is 10.9 Å². The number of fused-ring (bicyclic) bond motifs is 1. The molecule has 0 saturated carbocycles. The number of rotatable bonds is 3. The minimum Gasteiger partial charge on any atom is -0.392 e. The van der Waals surface area contributed by atoms with Crippen molar-refractivity contribution in [3.8, 4) is 0 Å². The van der Waals surface area contributed by atoms with Crippen LogP contribution in [0.4, 0.5) is 0 Å². The molecule has 3 rings (SSSR count). The van der Waals surface area contributed by atoms with E-state index < -0.39 is 0 Å². The van der Waals surface area contributed by atoms with Gasteiger partial charge in [0.2, 0.25) is 0 Å². The Kier molecular flexibility index (Phi) is 2.60. The molecular formula is C13H14N4O. The first-order valence-corrected chi connectivity index (χ1v) is 5.81. The summed E-state index contributed by atoms with van der Waals surface area (Å²) in [6.07, 6.45) is 3.87. The monoisotopic (exact) mass is 242 g/mol. The molecule has 5 heteroatoms. The smallest absolute Gasteiger partial charge is 0.102 e. The number of para-hydroxylation sites is 1. The van der Waals surface area contributed by atoms with Crippen LogP contribution in [0.15, 0.2) is 36.7 Å². The minimum atomic E-state index is 0.0496. The van der Waals surface area contributed by atoms with E-state index in [1.54, 1.807) is 4.68 Å². The maximum absolute atomic E-state index is 9.37. The first-order valence-electron chi connectivity index (χ1n) is 5.81. The lowest BCUT2D eigenvalue weighted by atomic mass is 10.2. The van der Waals surface area contributed by atoms with Crippen molar-refractivity contribution in [2.24, 2.45) is 7.05 Å². The van der Waals surface area contributed by atoms with Gasteiger partial charge in [0, 0.05) is 35.9 Å². The summed E-state index contributed by atoms with van der Waals surface area (Å²) in [5.41, 5.74) is 2.95. The van der Waals surface area contributed by atoms with E-state index in [2.05, 4.69) is 14.9 Å². The van der Waals surface area contributed by atoms with E-state index in [1.165, 1.54) is 0 Å². The second-order valence-corrected chi connectivity index (χ2v) is 4.34. The highest BCUT2D eigenvalue weighted by Crippen LogP contribution is 2.21. The third-order valence-electron chi connectivity index (χ3n) is 3.02. The van der Waals surface area contributed by atoms with Crippen LogP contribution < -0.4 is 0 Å². The molecule has 0 amide bonds. The summed E-state index contributed by atoms with van der Waals surface area (Å²) in [6, 6.07) is 8.05. The second kappa shape index (κ2) is 4.27. The Morgan fingerprint density at radius 3 is 2.78 bits per heavy atom. The van der Waals surface area contributed by atoms with Crippen molar-refractivity contribution in [1.82, 2.24) is 19.6 Å². The minimum absolute atomic E-state index is 0.0496. The molecule has 5 nitrogen and oxygen atoms in total. The molecule has 0 saturated heterocycles. The molecule has 0 aliphatic rings. The van der Waals surface area contributed by atoms with Gasteiger partial charge in [-0.05, 0) is 6.07 Å². The lowest BCUT2D eigenvalue weighted by molar-refractivity contribution is 0.283. The number of aliphatic hydroxyl groups excluding tert-OH is 1. The Balaban J connectivity index is 2.06. The average Bonchev–Trinajstić information content (AvgIpc) is 2.95. The van der Waals surface area contributed by atoms with Crippen molar-refractivity contribution in [3.63, 3.8) is 0 Å². The predicted molar refractivity (Wildman–Crippen MR) is 68.0 cm³/mol. The summed E-state index contributed by atoms with van der Waals surface area (Å²) < 4.78 is 3.78. The highest BCUT2D eigenvalue weighted by molar-refractivity contribution is 5.83. The lowest BCUT2D eigenvalue weighted by Crippen LogP contribution is -1.98. The summed E-state index contributed by atoms with van der Waals surface area (Å²) in [5.74, 6) is 0. The SMILES string of the molecule is Cn1cc(Cn2cc(CO)c3ccccc32)nn1. The summed E-state index contributed by atoms with van der Waals surface area (Å²) in [7, 11) is 1.85. The molecule has 0 radical (unpaired) electrons. The zero-order chi connectivity index (χ0) is 12.5. The van der Waals surface area contributed by atoms with Gasteiger partial charge in [-0.1, -0.05) is 23.4 Å². The largest absolute Gasteiger partial charge is 0.392 e. The third-order valence-corrected chi connectivity index (χ3v) is 3.02. The fraction of sp³-hybridized carbons (Fsp3) is 0.231. The summed E-state index contributed by atoms with van der Waals surface area (Å²) in [5, 5.41) is 18.5. The van der Waals surface area contributed by atoms with Crippen LogP contribution in [-0.4, -0.2) is 24.7 Å². The van der Waals surface area contributed by atoms with Gasteiger partial charge in [0.1, 0.15) is 5.69 Å². The van der Waals surface area contributed by atoms with Gasteiger partial charge in [0.05, 0.1) is 13.2 Å². The van der Waals surface area contributed by atoms with Gasteiger partial charge in [-0.15, -0.1) is 5.10 Å². The van der Waals surface area contributed by atoms with Gasteiger partial charge in [0.15, 0.2) is 0 Å². The number of aromatic nitrogens is 4. The van der Waals surface area contributed by atoms with Crippen molar-refractivity contribution < 1.29 is 5.11 Å². The normalized spacial score (nSPS) is 11.2. The molecular weight excluding hydrogens is 228 g/mol. The predicted octanol–water partition coefficient (Wildman–Crippen LogP) is 1.31. The molecule has 0 unspecified atom stereocenters. The number of hydrogen-bond acceptors (Lipinski definition) is 3. The summed E-state index contributed by atoms with van der Waals surface area (Å²) in [6.45, 7) is 0.711. The van der Waals surface area contributed by atoms with Crippen molar-refractivity contribution in [3.05, 3.63) is 47.9 Å². The Morgan fingerprint density at radius 2 is 2.06 bits per heavy atom. The number of hydrogen-bond donors (Lipinski definition) is 1. The van der Waals surface area contributed by atoms with Gasteiger partial charge >= 0.3 is 0 Å². The summed E-state index contributed by atoms with van der Waals surface area (Å²) in [4.78, 5) is 0. The van der Waals surface area contributed by atoms with E-state index in [-0.39, 0.29) is 6.61 Å². The lowest BCUT2D eigenvalue weighted by Gasteiger charge is -2.01. The standard InChI is InChI=1S/C13H14N4O/c1-16-7-11(14-15-16)8-17-6-10(9-18)12-4-2-3-5-13(12)17/h2-7,18H,8-9H2,1H3. The van der Waals surface area contributed by atoms with E-state index in [0.717, 1.165) is 22.2 Å². The van der Waals surface area contributed by atoms with Crippen LogP contribution in [-0.2, 0) is 20.2 Å². The Hall–Kier alpha value is -2.14. The van der Waals surface area contributed by atoms with Crippen molar-refractivity contribution in [2.45, 2.75) is 13.2 Å². The second-order valence-electron chi connectivity index (χ2n) is 4.34. The quantitative estimate of drug-likeness (QED) is 0.753. The summed E-state index contributed by atoms with van der Waals surface area (Å²) >= 11 is 0. The molecule has 2 heterocycles. The van der Waals surface area contributed by atoms with E-state index in [9.17, 15) is 5.11 Å². The van der Waals surface area contributed by atoms with Crippen LogP contribution in [0.1, 0.15) is 11.3 Å². The fourth-order valence-corrected chi connectivity index (χ4v) is 2.22. The zero-order valence-electron chi connectivity index (χ0n) is 10.1. The molecule has 1 N–H and O–H groups in total. The molecule has 0 aliphatic heterocycles. The molecule has 0 spiro atoms. The zero-order valence-corrected chi connectivity index (χ0v) is 10.1.